The Kier molecular flexibility index (Phi) is 8.47. The van der Waals surface area contributed by atoms with E-state index in [2.05, 4.69) is 17.1 Å². The summed E-state index contributed by atoms with van der Waals surface area (Å²) in [6, 6.07) is 6.58. The summed E-state index contributed by atoms with van der Waals surface area (Å²) < 4.78 is 14.2. The molecule has 0 bridgehead atoms. The van der Waals surface area contributed by atoms with Gasteiger partial charge >= 0.3 is 0 Å². The van der Waals surface area contributed by atoms with Crippen molar-refractivity contribution in [2.45, 2.75) is 63.2 Å². The van der Waals surface area contributed by atoms with Crippen LogP contribution in [0.3, 0.4) is 0 Å². The third-order valence-electron chi connectivity index (χ3n) is 7.04. The van der Waals surface area contributed by atoms with E-state index in [9.17, 15) is 14.0 Å². The van der Waals surface area contributed by atoms with Crippen LogP contribution in [0.2, 0.25) is 0 Å². The Balaban J connectivity index is 1.35. The van der Waals surface area contributed by atoms with Crippen molar-refractivity contribution in [1.29, 1.82) is 0 Å². The van der Waals surface area contributed by atoms with Crippen molar-refractivity contribution in [3.8, 4) is 0 Å². The van der Waals surface area contributed by atoms with Gasteiger partial charge in [-0.1, -0.05) is 38.0 Å². The van der Waals surface area contributed by atoms with Gasteiger partial charge in [-0.05, 0) is 63.3 Å². The van der Waals surface area contributed by atoms with Crippen molar-refractivity contribution >= 4 is 29.7 Å². The lowest BCUT2D eigenvalue weighted by atomic mass is 9.93. The topological polar surface area (TPSA) is 52.7 Å². The van der Waals surface area contributed by atoms with E-state index in [1.54, 1.807) is 40.9 Å². The van der Waals surface area contributed by atoms with Crippen LogP contribution in [0.1, 0.15) is 57.4 Å². The van der Waals surface area contributed by atoms with Crippen LogP contribution in [-0.2, 0) is 9.59 Å². The first-order valence-corrected chi connectivity index (χ1v) is 13.3. The Hall–Kier alpha value is -1.86. The molecule has 3 aliphatic rings. The summed E-state index contributed by atoms with van der Waals surface area (Å²) in [4.78, 5) is 30.8. The molecule has 2 aliphatic heterocycles. The Morgan fingerprint density at radius 3 is 2.85 bits per heavy atom. The van der Waals surface area contributed by atoms with Gasteiger partial charge < -0.3 is 15.1 Å². The van der Waals surface area contributed by atoms with Gasteiger partial charge in [-0.3, -0.25) is 9.59 Å². The van der Waals surface area contributed by atoms with E-state index in [0.29, 0.717) is 17.0 Å². The highest BCUT2D eigenvalue weighted by molar-refractivity contribution is 8.04. The van der Waals surface area contributed by atoms with Crippen LogP contribution < -0.4 is 5.32 Å². The van der Waals surface area contributed by atoms with E-state index in [1.807, 2.05) is 0 Å². The van der Waals surface area contributed by atoms with E-state index in [1.165, 1.54) is 18.9 Å². The zero-order chi connectivity index (χ0) is 23.2. The Bertz CT molecular complexity index is 877. The highest BCUT2D eigenvalue weighted by atomic mass is 32.2. The summed E-state index contributed by atoms with van der Waals surface area (Å²) in [5.41, 5.74) is 0.416. The zero-order valence-electron chi connectivity index (χ0n) is 19.6. The maximum absolute atomic E-state index is 14.2. The first-order valence-electron chi connectivity index (χ1n) is 12.4. The summed E-state index contributed by atoms with van der Waals surface area (Å²) in [7, 11) is 0. The van der Waals surface area contributed by atoms with Gasteiger partial charge in [0.05, 0.1) is 4.91 Å². The van der Waals surface area contributed by atoms with E-state index in [-0.39, 0.29) is 35.5 Å². The molecule has 2 heterocycles. The SMILES string of the molecule is CC1CCCN(CCCNC(=O)CN2C(=O)/C(=C/c3ccccc3F)SC3CCCCC32)C1. The first kappa shape index (κ1) is 24.3. The van der Waals surface area contributed by atoms with Gasteiger partial charge in [0, 0.05) is 29.9 Å². The standard InChI is InChI=1S/C26H36FN3O2S/c1-19-8-6-14-29(17-19)15-7-13-28-25(31)18-30-22-11-4-5-12-23(22)33-24(26(30)32)16-20-9-2-3-10-21(20)27/h2-3,9-10,16,19,22-23H,4-8,11-15,17-18H2,1H3,(H,28,31)/b24-16-. The Labute approximate surface area is 201 Å². The molecule has 5 nitrogen and oxygen atoms in total. The number of thioether (sulfide) groups is 1. The average molecular weight is 474 g/mol. The summed E-state index contributed by atoms with van der Waals surface area (Å²) in [6.07, 6.45) is 9.29. The smallest absolute Gasteiger partial charge is 0.261 e. The molecule has 3 fully saturated rings. The van der Waals surface area contributed by atoms with Gasteiger partial charge in [-0.15, -0.1) is 11.8 Å². The predicted molar refractivity (Wildman–Crippen MR) is 132 cm³/mol. The summed E-state index contributed by atoms with van der Waals surface area (Å²) >= 11 is 1.56. The number of hydrogen-bond donors (Lipinski definition) is 1. The third kappa shape index (κ3) is 6.38. The number of halogens is 1. The fourth-order valence-electron chi connectivity index (χ4n) is 5.33. The van der Waals surface area contributed by atoms with Gasteiger partial charge in [-0.2, -0.15) is 0 Å². The molecule has 0 spiro atoms. The number of rotatable bonds is 7. The molecular formula is C26H36FN3O2S. The van der Waals surface area contributed by atoms with Crippen LogP contribution in [0.5, 0.6) is 0 Å². The van der Waals surface area contributed by atoms with Gasteiger partial charge in [0.1, 0.15) is 12.4 Å². The maximum Gasteiger partial charge on any atom is 0.261 e. The lowest BCUT2D eigenvalue weighted by Gasteiger charge is -2.43. The number of benzene rings is 1. The van der Waals surface area contributed by atoms with Crippen LogP contribution in [0.25, 0.3) is 6.08 Å². The molecule has 3 unspecified atom stereocenters. The summed E-state index contributed by atoms with van der Waals surface area (Å²) in [6.45, 7) is 6.31. The maximum atomic E-state index is 14.2. The van der Waals surface area contributed by atoms with E-state index in [0.717, 1.165) is 57.7 Å². The van der Waals surface area contributed by atoms with Crippen molar-refractivity contribution < 1.29 is 14.0 Å². The molecule has 3 atom stereocenters. The molecule has 1 saturated carbocycles. The number of fused-ring (bicyclic) bond motifs is 1. The third-order valence-corrected chi connectivity index (χ3v) is 8.44. The molecule has 1 aromatic carbocycles. The highest BCUT2D eigenvalue weighted by Gasteiger charge is 2.41. The molecule has 0 aromatic heterocycles. The normalized spacial score (nSPS) is 27.5. The number of likely N-dealkylation sites (tertiary alicyclic amines) is 1. The van der Waals surface area contributed by atoms with Crippen LogP contribution in [0, 0.1) is 11.7 Å². The van der Waals surface area contributed by atoms with Crippen LogP contribution in [0.4, 0.5) is 4.39 Å². The molecular weight excluding hydrogens is 437 g/mol. The average Bonchev–Trinajstić information content (AvgIpc) is 2.81. The monoisotopic (exact) mass is 473 g/mol. The molecule has 0 radical (unpaired) electrons. The second-order valence-electron chi connectivity index (χ2n) is 9.72. The summed E-state index contributed by atoms with van der Waals surface area (Å²) in [5, 5.41) is 3.29. The van der Waals surface area contributed by atoms with Crippen LogP contribution in [0.15, 0.2) is 29.2 Å². The summed E-state index contributed by atoms with van der Waals surface area (Å²) in [5.74, 6) is 0.170. The Morgan fingerprint density at radius 1 is 1.21 bits per heavy atom. The second-order valence-corrected chi connectivity index (χ2v) is 11.0. The first-order chi connectivity index (χ1) is 16.0. The highest BCUT2D eigenvalue weighted by Crippen LogP contribution is 2.42. The minimum atomic E-state index is -0.337. The van der Waals surface area contributed by atoms with Gasteiger partial charge in [0.15, 0.2) is 0 Å². The number of hydrogen-bond acceptors (Lipinski definition) is 4. The molecule has 4 rings (SSSR count). The quantitative estimate of drug-likeness (QED) is 0.474. The molecule has 33 heavy (non-hydrogen) atoms. The van der Waals surface area contributed by atoms with E-state index < -0.39 is 0 Å². The van der Waals surface area contributed by atoms with Gasteiger partial charge in [-0.25, -0.2) is 4.39 Å². The van der Waals surface area contributed by atoms with Crippen molar-refractivity contribution in [3.63, 3.8) is 0 Å². The molecule has 7 heteroatoms. The van der Waals surface area contributed by atoms with Gasteiger partial charge in [0.2, 0.25) is 5.91 Å². The molecule has 180 valence electrons. The molecule has 2 saturated heterocycles. The molecule has 1 aliphatic carbocycles. The minimum Gasteiger partial charge on any atom is -0.355 e. The van der Waals surface area contributed by atoms with Crippen molar-refractivity contribution in [1.82, 2.24) is 15.1 Å². The number of amides is 2. The zero-order valence-corrected chi connectivity index (χ0v) is 20.4. The number of nitrogens with zero attached hydrogens (tertiary/aromatic N) is 2. The predicted octanol–water partition coefficient (Wildman–Crippen LogP) is 4.29. The van der Waals surface area contributed by atoms with Crippen molar-refractivity contribution in [3.05, 3.63) is 40.6 Å². The Morgan fingerprint density at radius 2 is 2.03 bits per heavy atom. The largest absolute Gasteiger partial charge is 0.355 e. The lowest BCUT2D eigenvalue weighted by molar-refractivity contribution is -0.135. The van der Waals surface area contributed by atoms with Crippen molar-refractivity contribution in [2.75, 3.05) is 32.7 Å². The fourth-order valence-corrected chi connectivity index (χ4v) is 6.79. The number of carbonyl (C=O) groups is 2. The van der Waals surface area contributed by atoms with Crippen LogP contribution in [-0.4, -0.2) is 65.6 Å². The van der Waals surface area contributed by atoms with Crippen molar-refractivity contribution in [2.24, 2.45) is 5.92 Å². The molecule has 1 N–H and O–H groups in total. The fraction of sp³-hybridized carbons (Fsp3) is 0.615. The van der Waals surface area contributed by atoms with Gasteiger partial charge in [0.25, 0.3) is 5.91 Å². The number of piperidine rings is 1. The number of nitrogens with one attached hydrogen (secondary N) is 1. The molecule has 1 aromatic rings. The van der Waals surface area contributed by atoms with Crippen LogP contribution >= 0.6 is 11.8 Å². The second kappa shape index (κ2) is 11.5. The van der Waals surface area contributed by atoms with E-state index in [4.69, 9.17) is 0 Å². The molecule has 2 amide bonds. The number of carbonyl (C=O) groups excluding carboxylic acids is 2. The lowest BCUT2D eigenvalue weighted by Crippen LogP contribution is -2.54. The van der Waals surface area contributed by atoms with E-state index >= 15 is 0 Å². The minimum absolute atomic E-state index is 0.0783.